The third-order valence-corrected chi connectivity index (χ3v) is 4.16. The first kappa shape index (κ1) is 14.2. The van der Waals surface area contributed by atoms with Crippen LogP contribution in [0.25, 0.3) is 0 Å². The number of hydrogen-bond donors (Lipinski definition) is 1. The first-order chi connectivity index (χ1) is 10.1. The number of carbonyl (C=O) groups is 1. The average molecular weight is 293 g/mol. The van der Waals surface area contributed by atoms with Gasteiger partial charge in [0.05, 0.1) is 13.2 Å². The van der Waals surface area contributed by atoms with Crippen LogP contribution in [0.15, 0.2) is 18.2 Å². The minimum absolute atomic E-state index is 0.221. The number of carboxylic acid groups (broad SMARTS) is 1. The van der Waals surface area contributed by atoms with Crippen LogP contribution < -0.4 is 9.47 Å². The zero-order valence-electron chi connectivity index (χ0n) is 12.0. The molecule has 1 aromatic carbocycles. The van der Waals surface area contributed by atoms with E-state index < -0.39 is 11.5 Å². The lowest BCUT2D eigenvalue weighted by atomic mass is 9.90. The van der Waals surface area contributed by atoms with Crippen molar-refractivity contribution >= 4 is 5.97 Å². The molecule has 1 fully saturated rings. The standard InChI is InChI=1S/C15H19NO5/c1-15(14(17)18,16-4-6-19-7-5-16)9-11-2-3-12-13(8-11)21-10-20-12/h2-3,8H,4-7,9-10H2,1H3,(H,17,18). The van der Waals surface area contributed by atoms with Crippen LogP contribution >= 0.6 is 0 Å². The molecule has 114 valence electrons. The van der Waals surface area contributed by atoms with Crippen LogP contribution in [0.1, 0.15) is 12.5 Å². The van der Waals surface area contributed by atoms with E-state index in [0.29, 0.717) is 44.2 Å². The third-order valence-electron chi connectivity index (χ3n) is 4.16. The Hall–Kier alpha value is -1.79. The molecule has 2 aliphatic rings. The number of benzene rings is 1. The molecule has 0 bridgehead atoms. The third kappa shape index (κ3) is 2.69. The topological polar surface area (TPSA) is 68.2 Å². The Labute approximate surface area is 123 Å². The van der Waals surface area contributed by atoms with E-state index in [9.17, 15) is 9.90 Å². The monoisotopic (exact) mass is 293 g/mol. The Morgan fingerprint density at radius 2 is 2.00 bits per heavy atom. The van der Waals surface area contributed by atoms with E-state index >= 15 is 0 Å². The quantitative estimate of drug-likeness (QED) is 0.897. The summed E-state index contributed by atoms with van der Waals surface area (Å²) in [5, 5.41) is 9.70. The Balaban J connectivity index is 1.83. The number of rotatable bonds is 4. The number of nitrogens with zero attached hydrogens (tertiary/aromatic N) is 1. The average Bonchev–Trinajstić information content (AvgIpc) is 2.95. The van der Waals surface area contributed by atoms with Gasteiger partial charge in [-0.15, -0.1) is 0 Å². The van der Waals surface area contributed by atoms with Gasteiger partial charge in [-0.25, -0.2) is 0 Å². The summed E-state index contributed by atoms with van der Waals surface area (Å²) in [5.41, 5.74) is -0.0204. The fourth-order valence-electron chi connectivity index (χ4n) is 2.83. The van der Waals surface area contributed by atoms with Crippen molar-refractivity contribution in [2.45, 2.75) is 18.9 Å². The van der Waals surface area contributed by atoms with Gasteiger partial charge in [0.1, 0.15) is 5.54 Å². The zero-order chi connectivity index (χ0) is 14.9. The second kappa shape index (κ2) is 5.54. The maximum atomic E-state index is 11.8. The summed E-state index contributed by atoms with van der Waals surface area (Å²) in [6.07, 6.45) is 0.416. The second-order valence-corrected chi connectivity index (χ2v) is 5.54. The highest BCUT2D eigenvalue weighted by Crippen LogP contribution is 2.34. The van der Waals surface area contributed by atoms with Crippen molar-refractivity contribution in [3.63, 3.8) is 0 Å². The van der Waals surface area contributed by atoms with E-state index in [2.05, 4.69) is 0 Å². The molecule has 0 aromatic heterocycles. The minimum Gasteiger partial charge on any atom is -0.480 e. The van der Waals surface area contributed by atoms with Crippen LogP contribution in [0.5, 0.6) is 11.5 Å². The molecular formula is C15H19NO5. The van der Waals surface area contributed by atoms with Gasteiger partial charge in [0, 0.05) is 19.5 Å². The van der Waals surface area contributed by atoms with E-state index in [4.69, 9.17) is 14.2 Å². The van der Waals surface area contributed by atoms with Crippen molar-refractivity contribution in [3.8, 4) is 11.5 Å². The summed E-state index contributed by atoms with van der Waals surface area (Å²) in [7, 11) is 0. The lowest BCUT2D eigenvalue weighted by molar-refractivity contribution is -0.153. The van der Waals surface area contributed by atoms with Gasteiger partial charge in [0.2, 0.25) is 6.79 Å². The predicted octanol–water partition coefficient (Wildman–Crippen LogP) is 1.13. The van der Waals surface area contributed by atoms with Crippen LogP contribution in [0.3, 0.4) is 0 Å². The summed E-state index contributed by atoms with van der Waals surface area (Å²) in [4.78, 5) is 13.8. The largest absolute Gasteiger partial charge is 0.480 e. The predicted molar refractivity (Wildman–Crippen MR) is 74.7 cm³/mol. The summed E-state index contributed by atoms with van der Waals surface area (Å²) >= 11 is 0. The van der Waals surface area contributed by atoms with Crippen molar-refractivity contribution in [3.05, 3.63) is 23.8 Å². The molecule has 0 spiro atoms. The molecule has 2 heterocycles. The van der Waals surface area contributed by atoms with Crippen molar-refractivity contribution in [2.24, 2.45) is 0 Å². The van der Waals surface area contributed by atoms with Gasteiger partial charge in [-0.1, -0.05) is 6.07 Å². The van der Waals surface area contributed by atoms with E-state index in [1.165, 1.54) is 0 Å². The minimum atomic E-state index is -0.947. The van der Waals surface area contributed by atoms with E-state index in [1.54, 1.807) is 6.92 Å². The van der Waals surface area contributed by atoms with Crippen LogP contribution in [-0.2, 0) is 16.0 Å². The van der Waals surface area contributed by atoms with Gasteiger partial charge in [-0.05, 0) is 24.6 Å². The molecule has 0 radical (unpaired) electrons. The van der Waals surface area contributed by atoms with E-state index in [0.717, 1.165) is 5.56 Å². The number of fused-ring (bicyclic) bond motifs is 1. The highest BCUT2D eigenvalue weighted by molar-refractivity contribution is 5.79. The molecule has 1 saturated heterocycles. The molecule has 1 aromatic rings. The first-order valence-electron chi connectivity index (χ1n) is 7.04. The number of aliphatic carboxylic acids is 1. The van der Waals surface area contributed by atoms with Crippen molar-refractivity contribution in [2.75, 3.05) is 33.1 Å². The fraction of sp³-hybridized carbons (Fsp3) is 0.533. The van der Waals surface area contributed by atoms with Gasteiger partial charge in [-0.3, -0.25) is 9.69 Å². The van der Waals surface area contributed by atoms with Crippen LogP contribution in [0.2, 0.25) is 0 Å². The Kier molecular flexibility index (Phi) is 3.73. The molecule has 6 heteroatoms. The molecule has 0 saturated carbocycles. The maximum absolute atomic E-state index is 11.8. The van der Waals surface area contributed by atoms with Crippen molar-refractivity contribution in [1.82, 2.24) is 4.90 Å². The molecule has 6 nitrogen and oxygen atoms in total. The highest BCUT2D eigenvalue weighted by atomic mass is 16.7. The fourth-order valence-corrected chi connectivity index (χ4v) is 2.83. The molecule has 21 heavy (non-hydrogen) atoms. The van der Waals surface area contributed by atoms with Crippen LogP contribution in [-0.4, -0.2) is 54.6 Å². The Morgan fingerprint density at radius 1 is 1.29 bits per heavy atom. The van der Waals surface area contributed by atoms with Crippen LogP contribution in [0, 0.1) is 0 Å². The summed E-state index contributed by atoms with van der Waals surface area (Å²) in [6.45, 7) is 4.40. The normalized spacial score (nSPS) is 21.0. The van der Waals surface area contributed by atoms with Crippen molar-refractivity contribution in [1.29, 1.82) is 0 Å². The molecule has 0 amide bonds. The second-order valence-electron chi connectivity index (χ2n) is 5.54. The molecule has 1 N–H and O–H groups in total. The van der Waals surface area contributed by atoms with Crippen molar-refractivity contribution < 1.29 is 24.1 Å². The zero-order valence-corrected chi connectivity index (χ0v) is 12.0. The van der Waals surface area contributed by atoms with Gasteiger partial charge < -0.3 is 19.3 Å². The summed E-state index contributed by atoms with van der Waals surface area (Å²) in [6, 6.07) is 5.60. The Morgan fingerprint density at radius 3 is 2.71 bits per heavy atom. The number of carboxylic acids is 1. The molecule has 3 rings (SSSR count). The molecule has 1 unspecified atom stereocenters. The molecule has 2 aliphatic heterocycles. The SMILES string of the molecule is CC(Cc1ccc2c(c1)OCO2)(C(=O)O)N1CCOCC1. The molecule has 0 aliphatic carbocycles. The first-order valence-corrected chi connectivity index (χ1v) is 7.04. The smallest absolute Gasteiger partial charge is 0.324 e. The van der Waals surface area contributed by atoms with Crippen LogP contribution in [0.4, 0.5) is 0 Å². The molecular weight excluding hydrogens is 274 g/mol. The van der Waals surface area contributed by atoms with Gasteiger partial charge >= 0.3 is 5.97 Å². The number of ether oxygens (including phenoxy) is 3. The summed E-state index contributed by atoms with van der Waals surface area (Å²) < 4.78 is 16.0. The van der Waals surface area contributed by atoms with Gasteiger partial charge in [0.25, 0.3) is 0 Å². The number of hydrogen-bond acceptors (Lipinski definition) is 5. The van der Waals surface area contributed by atoms with E-state index in [1.807, 2.05) is 23.1 Å². The lowest BCUT2D eigenvalue weighted by Crippen LogP contribution is -2.57. The van der Waals surface area contributed by atoms with Gasteiger partial charge in [-0.2, -0.15) is 0 Å². The number of morpholine rings is 1. The molecule has 1 atom stereocenters. The lowest BCUT2D eigenvalue weighted by Gasteiger charge is -2.40. The highest BCUT2D eigenvalue weighted by Gasteiger charge is 2.40. The van der Waals surface area contributed by atoms with Gasteiger partial charge in [0.15, 0.2) is 11.5 Å². The van der Waals surface area contributed by atoms with E-state index in [-0.39, 0.29) is 6.79 Å². The maximum Gasteiger partial charge on any atom is 0.324 e. The Bertz CT molecular complexity index is 541. The summed E-state index contributed by atoms with van der Waals surface area (Å²) in [5.74, 6) is 0.575.